The topological polar surface area (TPSA) is 48.0 Å². The molecular formula is C20H21BrN2O. The predicted molar refractivity (Wildman–Crippen MR) is 103 cm³/mol. The van der Waals surface area contributed by atoms with Crippen LogP contribution in [0.1, 0.15) is 35.7 Å². The molecular weight excluding hydrogens is 364 g/mol. The lowest BCUT2D eigenvalue weighted by Crippen LogP contribution is -2.17. The molecule has 1 aliphatic carbocycles. The summed E-state index contributed by atoms with van der Waals surface area (Å²) in [5, 5.41) is 14.2. The van der Waals surface area contributed by atoms with E-state index in [4.69, 9.17) is 5.11 Å². The first-order chi connectivity index (χ1) is 11.7. The maximum absolute atomic E-state index is 9.14. The van der Waals surface area contributed by atoms with Crippen molar-refractivity contribution in [1.29, 1.82) is 0 Å². The molecule has 3 nitrogen and oxygen atoms in total. The van der Waals surface area contributed by atoms with Crippen LogP contribution in [-0.4, -0.2) is 16.7 Å². The first-order valence-corrected chi connectivity index (χ1v) is 9.30. The number of aliphatic hydroxyl groups excluding tert-OH is 1. The fraction of sp³-hybridized carbons (Fsp3) is 0.300. The van der Waals surface area contributed by atoms with Gasteiger partial charge in [-0.1, -0.05) is 28.1 Å². The van der Waals surface area contributed by atoms with E-state index in [0.717, 1.165) is 23.0 Å². The van der Waals surface area contributed by atoms with Crippen molar-refractivity contribution in [2.75, 3.05) is 11.9 Å². The molecule has 0 radical (unpaired) electrons. The van der Waals surface area contributed by atoms with Crippen LogP contribution < -0.4 is 5.32 Å². The Morgan fingerprint density at radius 2 is 2.12 bits per heavy atom. The molecule has 1 aromatic heterocycles. The molecule has 0 saturated heterocycles. The van der Waals surface area contributed by atoms with E-state index >= 15 is 0 Å². The summed E-state index contributed by atoms with van der Waals surface area (Å²) in [5.41, 5.74) is 6.27. The summed E-state index contributed by atoms with van der Waals surface area (Å²) in [4.78, 5) is 3.63. The highest BCUT2D eigenvalue weighted by Gasteiger charge is 2.24. The van der Waals surface area contributed by atoms with Crippen LogP contribution in [0.5, 0.6) is 0 Å². The molecule has 3 aromatic rings. The van der Waals surface area contributed by atoms with E-state index in [2.05, 4.69) is 68.7 Å². The maximum Gasteiger partial charge on any atom is 0.0666 e. The Kier molecular flexibility index (Phi) is 4.33. The molecule has 0 fully saturated rings. The van der Waals surface area contributed by atoms with E-state index < -0.39 is 0 Å². The molecule has 0 bridgehead atoms. The molecule has 0 saturated carbocycles. The first-order valence-electron chi connectivity index (χ1n) is 8.51. The SMILES string of the molecule is OCCc1cccc(NC2CCCc3c2[nH]c2ccc(Br)cc32)c1. The average molecular weight is 385 g/mol. The van der Waals surface area contributed by atoms with Crippen molar-refractivity contribution in [3.05, 3.63) is 63.8 Å². The minimum absolute atomic E-state index is 0.188. The van der Waals surface area contributed by atoms with E-state index in [9.17, 15) is 0 Å². The van der Waals surface area contributed by atoms with Crippen LogP contribution in [-0.2, 0) is 12.8 Å². The standard InChI is InChI=1S/C20H21BrN2O/c21-14-7-8-18-17(12-14)16-5-2-6-19(20(16)23-18)22-15-4-1-3-13(11-15)9-10-24/h1,3-4,7-8,11-12,19,22-24H,2,5-6,9-10H2. The molecule has 4 heteroatoms. The van der Waals surface area contributed by atoms with Gasteiger partial charge >= 0.3 is 0 Å². The summed E-state index contributed by atoms with van der Waals surface area (Å²) in [6, 6.07) is 15.1. The van der Waals surface area contributed by atoms with Gasteiger partial charge in [-0.15, -0.1) is 0 Å². The molecule has 3 N–H and O–H groups in total. The molecule has 0 aliphatic heterocycles. The number of hydrogen-bond acceptors (Lipinski definition) is 2. The summed E-state index contributed by atoms with van der Waals surface area (Å²) in [5.74, 6) is 0. The summed E-state index contributed by atoms with van der Waals surface area (Å²) >= 11 is 3.59. The predicted octanol–water partition coefficient (Wildman–Crippen LogP) is 4.95. The average Bonchev–Trinajstić information content (AvgIpc) is 2.95. The third kappa shape index (κ3) is 2.96. The lowest BCUT2D eigenvalue weighted by Gasteiger charge is -2.25. The lowest BCUT2D eigenvalue weighted by molar-refractivity contribution is 0.299. The smallest absolute Gasteiger partial charge is 0.0666 e. The van der Waals surface area contributed by atoms with E-state index in [1.165, 1.54) is 34.1 Å². The van der Waals surface area contributed by atoms with Gasteiger partial charge in [-0.25, -0.2) is 0 Å². The number of H-pyrrole nitrogens is 1. The minimum Gasteiger partial charge on any atom is -0.396 e. The van der Waals surface area contributed by atoms with Crippen molar-refractivity contribution in [1.82, 2.24) is 4.98 Å². The normalized spacial score (nSPS) is 17.0. The van der Waals surface area contributed by atoms with Crippen LogP contribution >= 0.6 is 15.9 Å². The summed E-state index contributed by atoms with van der Waals surface area (Å²) in [7, 11) is 0. The number of anilines is 1. The number of rotatable bonds is 4. The van der Waals surface area contributed by atoms with E-state index in [1.807, 2.05) is 0 Å². The van der Waals surface area contributed by atoms with Crippen LogP contribution in [0.25, 0.3) is 10.9 Å². The van der Waals surface area contributed by atoms with Gasteiger partial charge in [0.15, 0.2) is 0 Å². The number of hydrogen-bond donors (Lipinski definition) is 3. The quantitative estimate of drug-likeness (QED) is 0.595. The lowest BCUT2D eigenvalue weighted by atomic mass is 9.91. The number of aryl methyl sites for hydroxylation is 1. The number of aromatic amines is 1. The Balaban J connectivity index is 1.67. The van der Waals surface area contributed by atoms with Crippen molar-refractivity contribution in [3.8, 4) is 0 Å². The molecule has 24 heavy (non-hydrogen) atoms. The van der Waals surface area contributed by atoms with Gasteiger partial charge in [0.25, 0.3) is 0 Å². The fourth-order valence-electron chi connectivity index (χ4n) is 3.73. The fourth-order valence-corrected chi connectivity index (χ4v) is 4.09. The molecule has 0 amide bonds. The van der Waals surface area contributed by atoms with Gasteiger partial charge in [0.05, 0.1) is 6.04 Å². The van der Waals surface area contributed by atoms with E-state index in [0.29, 0.717) is 12.5 Å². The summed E-state index contributed by atoms with van der Waals surface area (Å²) < 4.78 is 1.13. The highest BCUT2D eigenvalue weighted by atomic mass is 79.9. The van der Waals surface area contributed by atoms with Gasteiger partial charge in [-0.2, -0.15) is 0 Å². The van der Waals surface area contributed by atoms with Crippen LogP contribution in [0.2, 0.25) is 0 Å². The number of aliphatic hydroxyl groups is 1. The summed E-state index contributed by atoms with van der Waals surface area (Å²) in [6.45, 7) is 0.188. The molecule has 1 atom stereocenters. The first kappa shape index (κ1) is 15.7. The molecule has 2 aromatic carbocycles. The zero-order valence-corrected chi connectivity index (χ0v) is 15.1. The highest BCUT2D eigenvalue weighted by Crippen LogP contribution is 2.37. The number of aromatic nitrogens is 1. The number of nitrogens with one attached hydrogen (secondary N) is 2. The number of halogens is 1. The van der Waals surface area contributed by atoms with Gasteiger partial charge in [0.1, 0.15) is 0 Å². The molecule has 0 spiro atoms. The Hall–Kier alpha value is -1.78. The molecule has 4 rings (SSSR count). The van der Waals surface area contributed by atoms with Gasteiger partial charge in [-0.3, -0.25) is 0 Å². The third-order valence-corrected chi connectivity index (χ3v) is 5.33. The Labute approximate surface area is 150 Å². The van der Waals surface area contributed by atoms with Gasteiger partial charge in [0.2, 0.25) is 0 Å². The second-order valence-electron chi connectivity index (χ2n) is 6.47. The zero-order chi connectivity index (χ0) is 16.5. The zero-order valence-electron chi connectivity index (χ0n) is 13.5. The Morgan fingerprint density at radius 3 is 3.00 bits per heavy atom. The van der Waals surface area contributed by atoms with Gasteiger partial charge in [0, 0.05) is 33.4 Å². The molecule has 124 valence electrons. The third-order valence-electron chi connectivity index (χ3n) is 4.84. The maximum atomic E-state index is 9.14. The second kappa shape index (κ2) is 6.61. The van der Waals surface area contributed by atoms with E-state index in [-0.39, 0.29) is 6.61 Å². The monoisotopic (exact) mass is 384 g/mol. The van der Waals surface area contributed by atoms with Crippen LogP contribution in [0.3, 0.4) is 0 Å². The van der Waals surface area contributed by atoms with Crippen LogP contribution in [0, 0.1) is 0 Å². The molecule has 1 heterocycles. The summed E-state index contributed by atoms with van der Waals surface area (Å²) in [6.07, 6.45) is 4.16. The van der Waals surface area contributed by atoms with Gasteiger partial charge in [-0.05, 0) is 67.1 Å². The second-order valence-corrected chi connectivity index (χ2v) is 7.39. The number of fused-ring (bicyclic) bond motifs is 3. The van der Waals surface area contributed by atoms with Crippen LogP contribution in [0.15, 0.2) is 46.9 Å². The van der Waals surface area contributed by atoms with Crippen molar-refractivity contribution >= 4 is 32.5 Å². The van der Waals surface area contributed by atoms with Crippen molar-refractivity contribution in [3.63, 3.8) is 0 Å². The van der Waals surface area contributed by atoms with Crippen molar-refractivity contribution in [2.45, 2.75) is 31.7 Å². The van der Waals surface area contributed by atoms with Gasteiger partial charge < -0.3 is 15.4 Å². The van der Waals surface area contributed by atoms with Crippen molar-refractivity contribution < 1.29 is 5.11 Å². The minimum atomic E-state index is 0.188. The van der Waals surface area contributed by atoms with Crippen molar-refractivity contribution in [2.24, 2.45) is 0 Å². The van der Waals surface area contributed by atoms with Crippen LogP contribution in [0.4, 0.5) is 5.69 Å². The Bertz CT molecular complexity index is 871. The largest absolute Gasteiger partial charge is 0.396 e. The van der Waals surface area contributed by atoms with E-state index in [1.54, 1.807) is 0 Å². The Morgan fingerprint density at radius 1 is 1.21 bits per heavy atom. The number of benzene rings is 2. The molecule has 1 aliphatic rings. The molecule has 1 unspecified atom stereocenters. The highest BCUT2D eigenvalue weighted by molar-refractivity contribution is 9.10.